The van der Waals surface area contributed by atoms with Gasteiger partial charge in [-0.05, 0) is 0 Å². The number of alkyl halides is 1. The van der Waals surface area contributed by atoms with Gasteiger partial charge in [0, 0.05) is 0 Å². The molecule has 1 heterocycles. The van der Waals surface area contributed by atoms with Crippen molar-refractivity contribution in [2.75, 3.05) is 0 Å². The number of carboxylic acid groups (broad SMARTS) is 1. The SMILES string of the molecule is O=C1OC(O)(C(=O)O)[C@H](Cl)[C@@H]1O. The zero-order valence-corrected chi connectivity index (χ0v) is 6.35. The Bertz CT molecular complexity index is 238. The van der Waals surface area contributed by atoms with Crippen LogP contribution in [0.25, 0.3) is 0 Å². The molecule has 6 nitrogen and oxygen atoms in total. The number of ether oxygens (including phenoxy) is 1. The van der Waals surface area contributed by atoms with Crippen LogP contribution in [0.3, 0.4) is 0 Å². The molecular formula is C5H5ClO6. The highest BCUT2D eigenvalue weighted by Gasteiger charge is 2.59. The second kappa shape index (κ2) is 2.58. The molecule has 0 spiro atoms. The maximum atomic E-state index is 10.5. The molecule has 0 amide bonds. The Kier molecular flexibility index (Phi) is 1.99. The molecule has 0 radical (unpaired) electrons. The van der Waals surface area contributed by atoms with E-state index in [4.69, 9.17) is 26.9 Å². The van der Waals surface area contributed by atoms with Crippen molar-refractivity contribution in [3.8, 4) is 0 Å². The van der Waals surface area contributed by atoms with Gasteiger partial charge in [0.15, 0.2) is 6.10 Å². The molecule has 1 aliphatic rings. The van der Waals surface area contributed by atoms with Crippen molar-refractivity contribution in [2.45, 2.75) is 17.3 Å². The minimum Gasteiger partial charge on any atom is -0.476 e. The molecule has 7 heteroatoms. The van der Waals surface area contributed by atoms with Crippen molar-refractivity contribution in [1.82, 2.24) is 0 Å². The molecule has 0 aromatic heterocycles. The fourth-order valence-electron chi connectivity index (χ4n) is 0.765. The summed E-state index contributed by atoms with van der Waals surface area (Å²) in [5.41, 5.74) is 0. The fraction of sp³-hybridized carbons (Fsp3) is 0.600. The zero-order valence-electron chi connectivity index (χ0n) is 5.60. The van der Waals surface area contributed by atoms with Crippen LogP contribution in [-0.2, 0) is 14.3 Å². The molecule has 1 unspecified atom stereocenters. The summed E-state index contributed by atoms with van der Waals surface area (Å²) in [6.45, 7) is 0. The lowest BCUT2D eigenvalue weighted by atomic mass is 10.1. The third kappa shape index (κ3) is 1.04. The molecule has 0 aliphatic carbocycles. The van der Waals surface area contributed by atoms with Crippen molar-refractivity contribution >= 4 is 23.5 Å². The van der Waals surface area contributed by atoms with E-state index in [0.29, 0.717) is 0 Å². The van der Waals surface area contributed by atoms with Crippen LogP contribution in [0, 0.1) is 0 Å². The van der Waals surface area contributed by atoms with E-state index >= 15 is 0 Å². The normalized spacial score (nSPS) is 41.1. The van der Waals surface area contributed by atoms with Crippen molar-refractivity contribution in [2.24, 2.45) is 0 Å². The summed E-state index contributed by atoms with van der Waals surface area (Å²) in [5.74, 6) is -5.88. The number of hydrogen-bond acceptors (Lipinski definition) is 5. The quantitative estimate of drug-likeness (QED) is 0.341. The monoisotopic (exact) mass is 196 g/mol. The Hall–Kier alpha value is -0.850. The molecule has 1 saturated heterocycles. The van der Waals surface area contributed by atoms with Crippen molar-refractivity contribution in [3.05, 3.63) is 0 Å². The van der Waals surface area contributed by atoms with E-state index in [1.54, 1.807) is 0 Å². The van der Waals surface area contributed by atoms with Gasteiger partial charge in [0.2, 0.25) is 0 Å². The van der Waals surface area contributed by atoms with Crippen LogP contribution in [0.2, 0.25) is 0 Å². The first kappa shape index (κ1) is 9.24. The molecule has 0 aromatic rings. The smallest absolute Gasteiger partial charge is 0.378 e. The minimum absolute atomic E-state index is 1.25. The lowest BCUT2D eigenvalue weighted by Crippen LogP contribution is -2.46. The number of aliphatic hydroxyl groups excluding tert-OH is 1. The predicted octanol–water partition coefficient (Wildman–Crippen LogP) is -1.72. The lowest BCUT2D eigenvalue weighted by molar-refractivity contribution is -0.208. The van der Waals surface area contributed by atoms with Gasteiger partial charge in [0.05, 0.1) is 0 Å². The Morgan fingerprint density at radius 2 is 2.17 bits per heavy atom. The van der Waals surface area contributed by atoms with Gasteiger partial charge in [-0.25, -0.2) is 9.59 Å². The first-order valence-corrected chi connectivity index (χ1v) is 3.34. The average Bonchev–Trinajstić information content (AvgIpc) is 2.17. The van der Waals surface area contributed by atoms with Gasteiger partial charge >= 0.3 is 17.7 Å². The van der Waals surface area contributed by atoms with Gasteiger partial charge in [-0.1, -0.05) is 0 Å². The van der Waals surface area contributed by atoms with E-state index in [9.17, 15) is 9.59 Å². The number of halogens is 1. The largest absolute Gasteiger partial charge is 0.476 e. The van der Waals surface area contributed by atoms with E-state index < -0.39 is 29.2 Å². The van der Waals surface area contributed by atoms with E-state index in [0.717, 1.165) is 0 Å². The maximum Gasteiger partial charge on any atom is 0.378 e. The molecule has 0 saturated carbocycles. The van der Waals surface area contributed by atoms with Crippen LogP contribution in [0.1, 0.15) is 0 Å². The Labute approximate surface area is 71.3 Å². The standard InChI is InChI=1S/C5H5ClO6/c6-2-1(7)3(8)12-5(2,11)4(9)10/h1-2,7,11H,(H,9,10)/t1-,2+,5?/m0/s1. The van der Waals surface area contributed by atoms with Gasteiger partial charge in [-0.15, -0.1) is 11.6 Å². The Balaban J connectivity index is 2.97. The number of aliphatic hydroxyl groups is 2. The summed E-state index contributed by atoms with van der Waals surface area (Å²) < 4.78 is 3.97. The predicted molar refractivity (Wildman–Crippen MR) is 34.3 cm³/mol. The molecule has 68 valence electrons. The average molecular weight is 197 g/mol. The maximum absolute atomic E-state index is 10.5. The van der Waals surface area contributed by atoms with Crippen LogP contribution in [0.4, 0.5) is 0 Å². The number of hydrogen-bond donors (Lipinski definition) is 3. The number of aliphatic carboxylic acids is 1. The van der Waals surface area contributed by atoms with Gasteiger partial charge in [-0.3, -0.25) is 0 Å². The van der Waals surface area contributed by atoms with Gasteiger partial charge < -0.3 is 20.1 Å². The second-order valence-corrected chi connectivity index (χ2v) is 2.74. The summed E-state index contributed by atoms with van der Waals surface area (Å²) in [7, 11) is 0. The van der Waals surface area contributed by atoms with E-state index in [1.165, 1.54) is 0 Å². The van der Waals surface area contributed by atoms with Crippen LogP contribution in [0.5, 0.6) is 0 Å². The lowest BCUT2D eigenvalue weighted by Gasteiger charge is -2.17. The number of esters is 1. The molecule has 1 aliphatic heterocycles. The van der Waals surface area contributed by atoms with E-state index in [-0.39, 0.29) is 0 Å². The summed E-state index contributed by atoms with van der Waals surface area (Å²) in [4.78, 5) is 20.8. The van der Waals surface area contributed by atoms with Crippen molar-refractivity contribution in [3.63, 3.8) is 0 Å². The van der Waals surface area contributed by atoms with Crippen molar-refractivity contribution in [1.29, 1.82) is 0 Å². The molecule has 1 rings (SSSR count). The third-order valence-electron chi connectivity index (χ3n) is 1.46. The summed E-state index contributed by atoms with van der Waals surface area (Å²) in [6.07, 6.45) is -1.81. The summed E-state index contributed by atoms with van der Waals surface area (Å²) in [6, 6.07) is 0. The molecule has 3 atom stereocenters. The van der Waals surface area contributed by atoms with Crippen LogP contribution in [0.15, 0.2) is 0 Å². The van der Waals surface area contributed by atoms with Crippen molar-refractivity contribution < 1.29 is 29.6 Å². The highest BCUT2D eigenvalue weighted by atomic mass is 35.5. The molecular weight excluding hydrogens is 192 g/mol. The Morgan fingerprint density at radius 3 is 2.33 bits per heavy atom. The number of carboxylic acids is 1. The van der Waals surface area contributed by atoms with Crippen LogP contribution >= 0.6 is 11.6 Å². The minimum atomic E-state index is -2.82. The van der Waals surface area contributed by atoms with Gasteiger partial charge in [0.1, 0.15) is 5.38 Å². The molecule has 0 aromatic carbocycles. The number of rotatable bonds is 1. The highest BCUT2D eigenvalue weighted by molar-refractivity contribution is 6.25. The van der Waals surface area contributed by atoms with Crippen LogP contribution in [-0.4, -0.2) is 44.5 Å². The third-order valence-corrected chi connectivity index (χ3v) is 1.99. The molecule has 3 N–H and O–H groups in total. The second-order valence-electron chi connectivity index (χ2n) is 2.27. The molecule has 12 heavy (non-hydrogen) atoms. The van der Waals surface area contributed by atoms with E-state index in [1.807, 2.05) is 0 Å². The first-order valence-electron chi connectivity index (χ1n) is 2.90. The summed E-state index contributed by atoms with van der Waals surface area (Å²) in [5, 5.41) is 24.5. The topological polar surface area (TPSA) is 104 Å². The number of carbonyl (C=O) groups is 2. The molecule has 0 bridgehead atoms. The Morgan fingerprint density at radius 1 is 1.67 bits per heavy atom. The number of carbonyl (C=O) groups excluding carboxylic acids is 1. The summed E-state index contributed by atoms with van der Waals surface area (Å²) >= 11 is 5.23. The number of cyclic esters (lactones) is 1. The first-order chi connectivity index (χ1) is 5.39. The molecule has 1 fully saturated rings. The highest BCUT2D eigenvalue weighted by Crippen LogP contribution is 2.29. The fourth-order valence-corrected chi connectivity index (χ4v) is 1.01. The van der Waals surface area contributed by atoms with Crippen LogP contribution < -0.4 is 0 Å². The van der Waals surface area contributed by atoms with Gasteiger partial charge in [-0.2, -0.15) is 0 Å². The van der Waals surface area contributed by atoms with Gasteiger partial charge in [0.25, 0.3) is 0 Å². The van der Waals surface area contributed by atoms with E-state index in [2.05, 4.69) is 4.74 Å². The zero-order chi connectivity index (χ0) is 9.52.